The van der Waals surface area contributed by atoms with Crippen molar-refractivity contribution in [1.29, 1.82) is 0 Å². The Balaban J connectivity index is 1.46. The Morgan fingerprint density at radius 2 is 1.79 bits per heavy atom. The number of rotatable bonds is 8. The van der Waals surface area contributed by atoms with E-state index in [1.54, 1.807) is 12.5 Å². The quantitative estimate of drug-likeness (QED) is 0.334. The van der Waals surface area contributed by atoms with Crippen LogP contribution in [0.15, 0.2) is 11.6 Å². The molecule has 0 aromatic heterocycles. The van der Waals surface area contributed by atoms with E-state index in [-0.39, 0.29) is 0 Å². The van der Waals surface area contributed by atoms with E-state index in [0.29, 0.717) is 22.5 Å². The second kappa shape index (κ2) is 9.81. The second-order valence-electron chi connectivity index (χ2n) is 14.0. The van der Waals surface area contributed by atoms with Crippen LogP contribution in [0.1, 0.15) is 126 Å². The molecule has 0 N–H and O–H groups in total. The van der Waals surface area contributed by atoms with Gasteiger partial charge in [0.05, 0.1) is 0 Å². The Kier molecular flexibility index (Phi) is 7.58. The molecule has 0 saturated heterocycles. The molecule has 0 spiro atoms. The highest BCUT2D eigenvalue weighted by atomic mass is 16.1. The fourth-order valence-corrected chi connectivity index (χ4v) is 9.98. The van der Waals surface area contributed by atoms with Crippen LogP contribution in [0.5, 0.6) is 0 Å². The largest absolute Gasteiger partial charge is 0.300 e. The van der Waals surface area contributed by atoms with E-state index < -0.39 is 0 Å². The Morgan fingerprint density at radius 1 is 1.03 bits per heavy atom. The maximum absolute atomic E-state index is 11.7. The van der Waals surface area contributed by atoms with E-state index >= 15 is 0 Å². The van der Waals surface area contributed by atoms with Crippen molar-refractivity contribution in [1.82, 2.24) is 0 Å². The van der Waals surface area contributed by atoms with Gasteiger partial charge in [-0.05, 0) is 123 Å². The Morgan fingerprint density at radius 3 is 2.45 bits per heavy atom. The Hall–Kier alpha value is -0.590. The zero-order valence-electron chi connectivity index (χ0n) is 23.1. The summed E-state index contributed by atoms with van der Waals surface area (Å²) in [5, 5.41) is 0. The number of ketones is 1. The Labute approximate surface area is 206 Å². The summed E-state index contributed by atoms with van der Waals surface area (Å²) in [6, 6.07) is 0. The van der Waals surface area contributed by atoms with Gasteiger partial charge in [-0.15, -0.1) is 0 Å². The van der Waals surface area contributed by atoms with Crippen molar-refractivity contribution in [3.05, 3.63) is 11.6 Å². The van der Waals surface area contributed by atoms with Crippen LogP contribution in [0.4, 0.5) is 0 Å². The van der Waals surface area contributed by atoms with Gasteiger partial charge in [-0.1, -0.05) is 66.0 Å². The first-order valence-corrected chi connectivity index (χ1v) is 14.8. The third kappa shape index (κ3) is 4.65. The predicted octanol–water partition coefficient (Wildman–Crippen LogP) is 9.26. The minimum absolute atomic E-state index is 0.385. The van der Waals surface area contributed by atoms with Crippen molar-refractivity contribution in [2.75, 3.05) is 0 Å². The molecule has 3 saturated carbocycles. The summed E-state index contributed by atoms with van der Waals surface area (Å²) >= 11 is 0. The molecular formula is C32H54O. The molecule has 0 aromatic rings. The van der Waals surface area contributed by atoms with E-state index in [2.05, 4.69) is 47.6 Å². The van der Waals surface area contributed by atoms with Gasteiger partial charge in [0.1, 0.15) is 5.78 Å². The molecular weight excluding hydrogens is 400 g/mol. The van der Waals surface area contributed by atoms with Crippen LogP contribution in [-0.2, 0) is 4.79 Å². The van der Waals surface area contributed by atoms with Gasteiger partial charge in [0.15, 0.2) is 0 Å². The van der Waals surface area contributed by atoms with Gasteiger partial charge in [-0.2, -0.15) is 0 Å². The first kappa shape index (κ1) is 25.5. The van der Waals surface area contributed by atoms with Crippen LogP contribution >= 0.6 is 0 Å². The standard InChI is InChI=1S/C32H54O/c1-8-25(21(2)3)10-9-22(4)28-13-14-29-27-12-11-26-20-24(19-23(5)33)15-17-31(26,6)30(27)16-18-32(28,29)7/h11,21-22,24-25,27-30H,8-10,12-20H2,1-7H3. The molecule has 1 heteroatoms. The smallest absolute Gasteiger partial charge is 0.130 e. The summed E-state index contributed by atoms with van der Waals surface area (Å²) in [4.78, 5) is 11.7. The molecule has 1 nitrogen and oxygen atoms in total. The molecule has 0 radical (unpaired) electrons. The predicted molar refractivity (Wildman–Crippen MR) is 141 cm³/mol. The summed E-state index contributed by atoms with van der Waals surface area (Å²) < 4.78 is 0. The van der Waals surface area contributed by atoms with Gasteiger partial charge in [0.25, 0.3) is 0 Å². The molecule has 33 heavy (non-hydrogen) atoms. The topological polar surface area (TPSA) is 17.1 Å². The summed E-state index contributed by atoms with van der Waals surface area (Å²) in [5.41, 5.74) is 2.74. The van der Waals surface area contributed by atoms with Crippen molar-refractivity contribution in [3.63, 3.8) is 0 Å². The third-order valence-electron chi connectivity index (χ3n) is 12.0. The lowest BCUT2D eigenvalue weighted by Crippen LogP contribution is -2.50. The van der Waals surface area contributed by atoms with Crippen LogP contribution in [-0.4, -0.2) is 5.78 Å². The molecule has 4 rings (SSSR count). The third-order valence-corrected chi connectivity index (χ3v) is 12.0. The van der Waals surface area contributed by atoms with Gasteiger partial charge < -0.3 is 4.79 Å². The van der Waals surface area contributed by atoms with Gasteiger partial charge in [-0.25, -0.2) is 0 Å². The van der Waals surface area contributed by atoms with Crippen molar-refractivity contribution >= 4 is 5.78 Å². The van der Waals surface area contributed by atoms with Gasteiger partial charge in [-0.3, -0.25) is 0 Å². The minimum atomic E-state index is 0.385. The number of Topliss-reactive ketones (excluding diaryl/α,β-unsaturated/α-hetero) is 1. The maximum Gasteiger partial charge on any atom is 0.130 e. The molecule has 0 heterocycles. The molecule has 4 aliphatic rings. The first-order chi connectivity index (χ1) is 15.6. The van der Waals surface area contributed by atoms with Crippen molar-refractivity contribution < 1.29 is 4.79 Å². The van der Waals surface area contributed by atoms with Crippen LogP contribution < -0.4 is 0 Å². The van der Waals surface area contributed by atoms with Gasteiger partial charge >= 0.3 is 0 Å². The zero-order chi connectivity index (χ0) is 24.0. The molecule has 0 bridgehead atoms. The highest BCUT2D eigenvalue weighted by Crippen LogP contribution is 2.67. The van der Waals surface area contributed by atoms with E-state index in [1.807, 2.05) is 0 Å². The lowest BCUT2D eigenvalue weighted by molar-refractivity contribution is -0.118. The van der Waals surface area contributed by atoms with Crippen molar-refractivity contribution in [3.8, 4) is 0 Å². The van der Waals surface area contributed by atoms with Crippen molar-refractivity contribution in [2.24, 2.45) is 58.2 Å². The van der Waals surface area contributed by atoms with Crippen molar-refractivity contribution in [2.45, 2.75) is 126 Å². The summed E-state index contributed by atoms with van der Waals surface area (Å²) in [6.45, 7) is 17.0. The van der Waals surface area contributed by atoms with Gasteiger partial charge in [0, 0.05) is 6.42 Å². The fourth-order valence-electron chi connectivity index (χ4n) is 9.98. The van der Waals surface area contributed by atoms with E-state index in [4.69, 9.17) is 0 Å². The van der Waals surface area contributed by atoms with E-state index in [9.17, 15) is 4.79 Å². The van der Waals surface area contributed by atoms with Gasteiger partial charge in [0.2, 0.25) is 0 Å². The monoisotopic (exact) mass is 454 g/mol. The highest BCUT2D eigenvalue weighted by molar-refractivity contribution is 5.75. The molecule has 0 amide bonds. The first-order valence-electron chi connectivity index (χ1n) is 14.8. The number of hydrogen-bond acceptors (Lipinski definition) is 1. The summed E-state index contributed by atoms with van der Waals surface area (Å²) in [6.07, 6.45) is 18.7. The maximum atomic E-state index is 11.7. The molecule has 3 fully saturated rings. The van der Waals surface area contributed by atoms with Crippen LogP contribution in [0.25, 0.3) is 0 Å². The number of hydrogen-bond donors (Lipinski definition) is 0. The molecule has 188 valence electrons. The van der Waals surface area contributed by atoms with Crippen LogP contribution in [0, 0.1) is 58.2 Å². The average Bonchev–Trinajstić information content (AvgIpc) is 3.11. The molecule has 9 unspecified atom stereocenters. The van der Waals surface area contributed by atoms with Crippen LogP contribution in [0.2, 0.25) is 0 Å². The second-order valence-corrected chi connectivity index (χ2v) is 14.0. The summed E-state index contributed by atoms with van der Waals surface area (Å²) in [5.74, 6) is 7.33. The number of carbonyl (C=O) groups excluding carboxylic acids is 1. The SMILES string of the molecule is CCC(CCC(C)C1CCC2C3CC=C4CC(CC(C)=O)CCC4(C)C3CCC12C)C(C)C. The molecule has 0 aliphatic heterocycles. The zero-order valence-corrected chi connectivity index (χ0v) is 23.1. The number of carbonyl (C=O) groups is 1. The molecule has 9 atom stereocenters. The lowest BCUT2D eigenvalue weighted by atomic mass is 9.46. The molecule has 0 aromatic carbocycles. The number of allylic oxidation sites excluding steroid dienone is 2. The summed E-state index contributed by atoms with van der Waals surface area (Å²) in [7, 11) is 0. The van der Waals surface area contributed by atoms with E-state index in [1.165, 1.54) is 70.6 Å². The van der Waals surface area contributed by atoms with E-state index in [0.717, 1.165) is 47.8 Å². The normalized spacial score (nSPS) is 42.2. The van der Waals surface area contributed by atoms with Crippen LogP contribution in [0.3, 0.4) is 0 Å². The Bertz CT molecular complexity index is 733. The number of fused-ring (bicyclic) bond motifs is 5. The lowest BCUT2D eigenvalue weighted by Gasteiger charge is -2.58. The fraction of sp³-hybridized carbons (Fsp3) is 0.906. The molecule has 4 aliphatic carbocycles. The average molecular weight is 455 g/mol. The minimum Gasteiger partial charge on any atom is -0.300 e. The highest BCUT2D eigenvalue weighted by Gasteiger charge is 2.59.